The molecule has 71 valence electrons. The fourth-order valence-corrected chi connectivity index (χ4v) is 1.73. The van der Waals surface area contributed by atoms with Crippen LogP contribution in [0.1, 0.15) is 46.5 Å². The maximum absolute atomic E-state index is 4.37. The first-order chi connectivity index (χ1) is 5.58. The Morgan fingerprint density at radius 2 is 1.75 bits per heavy atom. The molecule has 0 aliphatic carbocycles. The Morgan fingerprint density at radius 1 is 1.17 bits per heavy atom. The van der Waals surface area contributed by atoms with Crippen molar-refractivity contribution in [2.75, 3.05) is 13.1 Å². The molecule has 0 bridgehead atoms. The Morgan fingerprint density at radius 3 is 2.25 bits per heavy atom. The largest absolute Gasteiger partial charge is 0.242 e. The van der Waals surface area contributed by atoms with Gasteiger partial charge in [0.25, 0.3) is 0 Å². The smallest absolute Gasteiger partial charge is 0.0136 e. The van der Waals surface area contributed by atoms with Crippen LogP contribution in [0.15, 0.2) is 0 Å². The topological polar surface area (TPSA) is 14.1 Å². The van der Waals surface area contributed by atoms with Crippen LogP contribution < -0.4 is 5.32 Å². The second-order valence-corrected chi connectivity index (χ2v) is 5.21. The minimum atomic E-state index is 0.522. The standard InChI is InChI=1S/C11H22N/c1-11(2,3)7-4-10-5-8-12-9-6-10/h10H,4-9H2,1-3H3. The second kappa shape index (κ2) is 4.27. The van der Waals surface area contributed by atoms with Crippen LogP contribution in [0.3, 0.4) is 0 Å². The van der Waals surface area contributed by atoms with Gasteiger partial charge in [0.2, 0.25) is 0 Å². The van der Waals surface area contributed by atoms with Crippen molar-refractivity contribution in [3.63, 3.8) is 0 Å². The third kappa shape index (κ3) is 4.10. The third-order valence-corrected chi connectivity index (χ3v) is 2.69. The highest BCUT2D eigenvalue weighted by Crippen LogP contribution is 2.27. The number of rotatable bonds is 2. The van der Waals surface area contributed by atoms with E-state index in [9.17, 15) is 0 Å². The summed E-state index contributed by atoms with van der Waals surface area (Å²) < 4.78 is 0. The Bertz CT molecular complexity index is 117. The lowest BCUT2D eigenvalue weighted by molar-refractivity contribution is 0.280. The van der Waals surface area contributed by atoms with Gasteiger partial charge in [-0.2, -0.15) is 0 Å². The van der Waals surface area contributed by atoms with Crippen LogP contribution >= 0.6 is 0 Å². The van der Waals surface area contributed by atoms with Gasteiger partial charge < -0.3 is 0 Å². The summed E-state index contributed by atoms with van der Waals surface area (Å²) in [7, 11) is 0. The fraction of sp³-hybridized carbons (Fsp3) is 1.00. The highest BCUT2D eigenvalue weighted by Gasteiger charge is 2.17. The van der Waals surface area contributed by atoms with Gasteiger partial charge in [0, 0.05) is 13.1 Å². The Kier molecular flexibility index (Phi) is 3.57. The number of piperidine rings is 1. The molecule has 0 amide bonds. The van der Waals surface area contributed by atoms with Crippen LogP contribution in [-0.4, -0.2) is 13.1 Å². The molecular formula is C11H22N. The molecule has 0 aromatic rings. The highest BCUT2D eigenvalue weighted by atomic mass is 14.9. The lowest BCUT2D eigenvalue weighted by Gasteiger charge is -2.25. The summed E-state index contributed by atoms with van der Waals surface area (Å²) >= 11 is 0. The highest BCUT2D eigenvalue weighted by molar-refractivity contribution is 4.71. The van der Waals surface area contributed by atoms with Gasteiger partial charge in [-0.05, 0) is 37.0 Å². The molecule has 1 saturated heterocycles. The van der Waals surface area contributed by atoms with Crippen molar-refractivity contribution in [2.24, 2.45) is 11.3 Å². The predicted octanol–water partition coefficient (Wildman–Crippen LogP) is 2.83. The molecule has 0 saturated carbocycles. The van der Waals surface area contributed by atoms with Gasteiger partial charge in [-0.1, -0.05) is 20.8 Å². The average molecular weight is 168 g/mol. The molecule has 0 spiro atoms. The van der Waals surface area contributed by atoms with Gasteiger partial charge in [-0.3, -0.25) is 0 Å². The molecule has 1 radical (unpaired) electrons. The Hall–Kier alpha value is -0.0400. The SMILES string of the molecule is CC(C)(C)CCC1CC[N]CC1. The van der Waals surface area contributed by atoms with Gasteiger partial charge >= 0.3 is 0 Å². The van der Waals surface area contributed by atoms with Crippen LogP contribution in [0.5, 0.6) is 0 Å². The molecule has 12 heavy (non-hydrogen) atoms. The van der Waals surface area contributed by atoms with Crippen LogP contribution in [0.4, 0.5) is 0 Å². The molecule has 1 aliphatic rings. The lowest BCUT2D eigenvalue weighted by Crippen LogP contribution is -2.23. The van der Waals surface area contributed by atoms with Crippen molar-refractivity contribution < 1.29 is 0 Å². The summed E-state index contributed by atoms with van der Waals surface area (Å²) in [5.41, 5.74) is 0.522. The van der Waals surface area contributed by atoms with E-state index in [2.05, 4.69) is 26.1 Å². The second-order valence-electron chi connectivity index (χ2n) is 5.21. The minimum absolute atomic E-state index is 0.522. The Labute approximate surface area is 76.9 Å². The molecule has 0 aromatic carbocycles. The van der Waals surface area contributed by atoms with Gasteiger partial charge in [-0.25, -0.2) is 5.32 Å². The van der Waals surface area contributed by atoms with E-state index >= 15 is 0 Å². The van der Waals surface area contributed by atoms with E-state index in [1.54, 1.807) is 0 Å². The monoisotopic (exact) mass is 168 g/mol. The lowest BCUT2D eigenvalue weighted by atomic mass is 9.84. The molecule has 0 unspecified atom stereocenters. The van der Waals surface area contributed by atoms with Crippen molar-refractivity contribution >= 4 is 0 Å². The van der Waals surface area contributed by atoms with Crippen molar-refractivity contribution in [3.8, 4) is 0 Å². The van der Waals surface area contributed by atoms with E-state index in [0.717, 1.165) is 19.0 Å². The van der Waals surface area contributed by atoms with Gasteiger partial charge in [0.05, 0.1) is 0 Å². The first-order valence-electron chi connectivity index (χ1n) is 5.21. The predicted molar refractivity (Wildman–Crippen MR) is 53.3 cm³/mol. The van der Waals surface area contributed by atoms with Crippen LogP contribution in [0, 0.1) is 11.3 Å². The molecule has 1 heteroatoms. The maximum Gasteiger partial charge on any atom is 0.0136 e. The minimum Gasteiger partial charge on any atom is -0.242 e. The summed E-state index contributed by atoms with van der Waals surface area (Å²) in [6.45, 7) is 9.24. The normalized spacial score (nSPS) is 21.2. The van der Waals surface area contributed by atoms with E-state index in [4.69, 9.17) is 0 Å². The summed E-state index contributed by atoms with van der Waals surface area (Å²) in [6, 6.07) is 0. The Balaban J connectivity index is 2.13. The zero-order valence-electron chi connectivity index (χ0n) is 8.77. The number of hydrogen-bond donors (Lipinski definition) is 0. The maximum atomic E-state index is 4.37. The zero-order chi connectivity index (χ0) is 9.03. The molecule has 1 aliphatic heterocycles. The van der Waals surface area contributed by atoms with Crippen molar-refractivity contribution in [1.29, 1.82) is 0 Å². The number of hydrogen-bond acceptors (Lipinski definition) is 0. The average Bonchev–Trinajstić information content (AvgIpc) is 2.02. The van der Waals surface area contributed by atoms with Crippen molar-refractivity contribution in [3.05, 3.63) is 0 Å². The molecule has 1 heterocycles. The molecule has 0 aromatic heterocycles. The first-order valence-corrected chi connectivity index (χ1v) is 5.21. The van der Waals surface area contributed by atoms with Crippen molar-refractivity contribution in [2.45, 2.75) is 46.5 Å². The van der Waals surface area contributed by atoms with Crippen LogP contribution in [0.2, 0.25) is 0 Å². The summed E-state index contributed by atoms with van der Waals surface area (Å²) in [6.07, 6.45) is 5.48. The quantitative estimate of drug-likeness (QED) is 0.602. The summed E-state index contributed by atoms with van der Waals surface area (Å²) in [5.74, 6) is 0.974. The fourth-order valence-electron chi connectivity index (χ4n) is 1.73. The molecule has 1 rings (SSSR count). The molecule has 1 fully saturated rings. The number of nitrogens with zero attached hydrogens (tertiary/aromatic N) is 1. The van der Waals surface area contributed by atoms with Gasteiger partial charge in [0.1, 0.15) is 0 Å². The van der Waals surface area contributed by atoms with E-state index in [1.807, 2.05) is 0 Å². The van der Waals surface area contributed by atoms with E-state index in [0.29, 0.717) is 5.41 Å². The molecular weight excluding hydrogens is 146 g/mol. The molecule has 0 atom stereocenters. The molecule has 0 N–H and O–H groups in total. The zero-order valence-corrected chi connectivity index (χ0v) is 8.77. The van der Waals surface area contributed by atoms with Gasteiger partial charge in [-0.15, -0.1) is 0 Å². The van der Waals surface area contributed by atoms with Gasteiger partial charge in [0.15, 0.2) is 0 Å². The summed E-state index contributed by atoms with van der Waals surface area (Å²) in [4.78, 5) is 0. The van der Waals surface area contributed by atoms with E-state index in [-0.39, 0.29) is 0 Å². The van der Waals surface area contributed by atoms with E-state index < -0.39 is 0 Å². The molecule has 1 nitrogen and oxygen atoms in total. The van der Waals surface area contributed by atoms with Crippen LogP contribution in [-0.2, 0) is 0 Å². The van der Waals surface area contributed by atoms with Crippen molar-refractivity contribution in [1.82, 2.24) is 5.32 Å². The van der Waals surface area contributed by atoms with Crippen LogP contribution in [0.25, 0.3) is 0 Å². The van der Waals surface area contributed by atoms with E-state index in [1.165, 1.54) is 25.7 Å². The first kappa shape index (κ1) is 10.0. The third-order valence-electron chi connectivity index (χ3n) is 2.69. The summed E-state index contributed by atoms with van der Waals surface area (Å²) in [5, 5.41) is 4.37.